The van der Waals surface area contributed by atoms with Crippen LogP contribution < -0.4 is 10.1 Å². The van der Waals surface area contributed by atoms with Crippen LogP contribution in [0, 0.1) is 0 Å². The van der Waals surface area contributed by atoms with Crippen LogP contribution in [-0.4, -0.2) is 54.8 Å². The second-order valence-corrected chi connectivity index (χ2v) is 6.13. The minimum absolute atomic E-state index is 0.108. The summed E-state index contributed by atoms with van der Waals surface area (Å²) < 4.78 is 5.55. The van der Waals surface area contributed by atoms with Gasteiger partial charge in [-0.05, 0) is 50.1 Å². The standard InChI is InChI=1S/C18H26N2O3/c1-14(2)13-23-17-7-3-5-15(11-17)18(22)19-8-10-20-9-4-6-16(21)12-20/h3,5,7,11,16,21H,1,4,6,8-10,12-13H2,2H3,(H,19,22)/t16-/m1/s1. The van der Waals surface area contributed by atoms with E-state index < -0.39 is 0 Å². The van der Waals surface area contributed by atoms with Crippen LogP contribution in [0.4, 0.5) is 0 Å². The molecule has 0 aromatic heterocycles. The number of ether oxygens (including phenoxy) is 1. The number of hydrogen-bond acceptors (Lipinski definition) is 4. The van der Waals surface area contributed by atoms with Crippen molar-refractivity contribution in [2.75, 3.05) is 32.8 Å². The quantitative estimate of drug-likeness (QED) is 0.753. The molecular formula is C18H26N2O3. The van der Waals surface area contributed by atoms with Gasteiger partial charge < -0.3 is 15.2 Å². The van der Waals surface area contributed by atoms with Crippen LogP contribution >= 0.6 is 0 Å². The highest BCUT2D eigenvalue weighted by molar-refractivity contribution is 5.94. The Morgan fingerprint density at radius 3 is 3.09 bits per heavy atom. The van der Waals surface area contributed by atoms with E-state index in [1.54, 1.807) is 12.1 Å². The summed E-state index contributed by atoms with van der Waals surface area (Å²) >= 11 is 0. The highest BCUT2D eigenvalue weighted by atomic mass is 16.5. The van der Waals surface area contributed by atoms with Crippen LogP contribution in [0.15, 0.2) is 36.4 Å². The first kappa shape index (κ1) is 17.5. The molecule has 5 heteroatoms. The monoisotopic (exact) mass is 318 g/mol. The summed E-state index contributed by atoms with van der Waals surface area (Å²) in [5.41, 5.74) is 1.52. The first-order valence-electron chi connectivity index (χ1n) is 8.10. The number of rotatable bonds is 7. The average molecular weight is 318 g/mol. The van der Waals surface area contributed by atoms with Gasteiger partial charge in [-0.3, -0.25) is 9.69 Å². The zero-order valence-corrected chi connectivity index (χ0v) is 13.8. The fourth-order valence-corrected chi connectivity index (χ4v) is 2.60. The van der Waals surface area contributed by atoms with Crippen molar-refractivity contribution in [2.24, 2.45) is 0 Å². The Kier molecular flexibility index (Phi) is 6.62. The molecular weight excluding hydrogens is 292 g/mol. The summed E-state index contributed by atoms with van der Waals surface area (Å²) in [4.78, 5) is 14.4. The van der Waals surface area contributed by atoms with Crippen molar-refractivity contribution in [1.82, 2.24) is 10.2 Å². The fourth-order valence-electron chi connectivity index (χ4n) is 2.60. The minimum atomic E-state index is -0.235. The predicted octanol–water partition coefficient (Wildman–Crippen LogP) is 1.83. The van der Waals surface area contributed by atoms with E-state index in [2.05, 4.69) is 16.8 Å². The molecule has 1 saturated heterocycles. The second-order valence-electron chi connectivity index (χ2n) is 6.13. The lowest BCUT2D eigenvalue weighted by Gasteiger charge is -2.29. The van der Waals surface area contributed by atoms with Crippen LogP contribution in [0.1, 0.15) is 30.1 Å². The van der Waals surface area contributed by atoms with Gasteiger partial charge in [-0.1, -0.05) is 12.6 Å². The molecule has 0 radical (unpaired) electrons. The molecule has 1 fully saturated rings. The van der Waals surface area contributed by atoms with Crippen molar-refractivity contribution in [2.45, 2.75) is 25.9 Å². The zero-order valence-electron chi connectivity index (χ0n) is 13.8. The predicted molar refractivity (Wildman–Crippen MR) is 90.8 cm³/mol. The van der Waals surface area contributed by atoms with Crippen LogP contribution in [0.25, 0.3) is 0 Å². The van der Waals surface area contributed by atoms with Crippen molar-refractivity contribution in [3.05, 3.63) is 42.0 Å². The van der Waals surface area contributed by atoms with Gasteiger partial charge in [-0.15, -0.1) is 0 Å². The molecule has 1 aromatic rings. The van der Waals surface area contributed by atoms with Crippen molar-refractivity contribution in [1.29, 1.82) is 0 Å². The number of piperidine rings is 1. The number of benzene rings is 1. The summed E-state index contributed by atoms with van der Waals surface area (Å²) in [5, 5.41) is 12.6. The molecule has 0 spiro atoms. The zero-order chi connectivity index (χ0) is 16.7. The van der Waals surface area contributed by atoms with Gasteiger partial charge in [0.2, 0.25) is 0 Å². The van der Waals surface area contributed by atoms with Crippen LogP contribution in [-0.2, 0) is 0 Å². The van der Waals surface area contributed by atoms with Gasteiger partial charge in [-0.25, -0.2) is 0 Å². The van der Waals surface area contributed by atoms with E-state index in [-0.39, 0.29) is 12.0 Å². The number of nitrogens with zero attached hydrogens (tertiary/aromatic N) is 1. The lowest BCUT2D eigenvalue weighted by Crippen LogP contribution is -2.42. The van der Waals surface area contributed by atoms with Gasteiger partial charge in [0.15, 0.2) is 0 Å². The minimum Gasteiger partial charge on any atom is -0.489 e. The largest absolute Gasteiger partial charge is 0.489 e. The average Bonchev–Trinajstić information content (AvgIpc) is 2.53. The molecule has 0 unspecified atom stereocenters. The molecule has 1 atom stereocenters. The molecule has 1 heterocycles. The van der Waals surface area contributed by atoms with Gasteiger partial charge >= 0.3 is 0 Å². The molecule has 0 bridgehead atoms. The Hall–Kier alpha value is -1.85. The van der Waals surface area contributed by atoms with Crippen molar-refractivity contribution in [3.63, 3.8) is 0 Å². The highest BCUT2D eigenvalue weighted by Crippen LogP contribution is 2.14. The van der Waals surface area contributed by atoms with E-state index >= 15 is 0 Å². The number of hydrogen-bond donors (Lipinski definition) is 2. The molecule has 1 amide bonds. The maximum absolute atomic E-state index is 12.2. The molecule has 1 aliphatic heterocycles. The summed E-state index contributed by atoms with van der Waals surface area (Å²) in [6.07, 6.45) is 1.65. The highest BCUT2D eigenvalue weighted by Gasteiger charge is 2.17. The lowest BCUT2D eigenvalue weighted by atomic mass is 10.1. The number of likely N-dealkylation sites (tertiary alicyclic amines) is 1. The Morgan fingerprint density at radius 1 is 1.52 bits per heavy atom. The summed E-state index contributed by atoms with van der Waals surface area (Å²) in [6.45, 7) is 9.14. The maximum atomic E-state index is 12.2. The van der Waals surface area contributed by atoms with Crippen molar-refractivity contribution in [3.8, 4) is 5.75 Å². The number of amides is 1. The number of aliphatic hydroxyl groups is 1. The van der Waals surface area contributed by atoms with E-state index in [0.717, 1.165) is 31.5 Å². The molecule has 126 valence electrons. The molecule has 1 aromatic carbocycles. The van der Waals surface area contributed by atoms with Gasteiger partial charge in [-0.2, -0.15) is 0 Å². The Morgan fingerprint density at radius 2 is 2.35 bits per heavy atom. The van der Waals surface area contributed by atoms with Crippen LogP contribution in [0.2, 0.25) is 0 Å². The third-order valence-electron chi connectivity index (χ3n) is 3.78. The SMILES string of the molecule is C=C(C)COc1cccc(C(=O)NCCN2CCC[C@@H](O)C2)c1. The van der Waals surface area contributed by atoms with Gasteiger partial charge in [0.05, 0.1) is 6.10 Å². The number of β-amino-alcohol motifs (C(OH)–C–C–N with tert-alkyl or cyclic N) is 1. The normalized spacial score (nSPS) is 18.4. The summed E-state index contributed by atoms with van der Waals surface area (Å²) in [6, 6.07) is 7.15. The van der Waals surface area contributed by atoms with E-state index in [0.29, 0.717) is 31.0 Å². The van der Waals surface area contributed by atoms with Crippen LogP contribution in [0.5, 0.6) is 5.75 Å². The Labute approximate surface area is 137 Å². The Bertz CT molecular complexity index is 545. The molecule has 2 rings (SSSR count). The summed E-state index contributed by atoms with van der Waals surface area (Å²) in [5.74, 6) is 0.558. The lowest BCUT2D eigenvalue weighted by molar-refractivity contribution is 0.0703. The number of aliphatic hydroxyl groups excluding tert-OH is 1. The smallest absolute Gasteiger partial charge is 0.251 e. The van der Waals surface area contributed by atoms with E-state index in [1.165, 1.54) is 0 Å². The van der Waals surface area contributed by atoms with Gasteiger partial charge in [0, 0.05) is 25.2 Å². The van der Waals surface area contributed by atoms with Gasteiger partial charge in [0.25, 0.3) is 5.91 Å². The van der Waals surface area contributed by atoms with Crippen LogP contribution in [0.3, 0.4) is 0 Å². The van der Waals surface area contributed by atoms with E-state index in [1.807, 2.05) is 19.1 Å². The molecule has 2 N–H and O–H groups in total. The van der Waals surface area contributed by atoms with Gasteiger partial charge in [0.1, 0.15) is 12.4 Å². The number of nitrogens with one attached hydrogen (secondary N) is 1. The first-order chi connectivity index (χ1) is 11.0. The molecule has 5 nitrogen and oxygen atoms in total. The number of carbonyl (C=O) groups is 1. The summed E-state index contributed by atoms with van der Waals surface area (Å²) in [7, 11) is 0. The van der Waals surface area contributed by atoms with Crippen molar-refractivity contribution < 1.29 is 14.6 Å². The third kappa shape index (κ3) is 6.04. The topological polar surface area (TPSA) is 61.8 Å². The third-order valence-corrected chi connectivity index (χ3v) is 3.78. The van der Waals surface area contributed by atoms with Crippen molar-refractivity contribution >= 4 is 5.91 Å². The maximum Gasteiger partial charge on any atom is 0.251 e. The molecule has 0 aliphatic carbocycles. The van der Waals surface area contributed by atoms with E-state index in [9.17, 15) is 9.90 Å². The molecule has 23 heavy (non-hydrogen) atoms. The first-order valence-corrected chi connectivity index (χ1v) is 8.10. The molecule has 0 saturated carbocycles. The fraction of sp³-hybridized carbons (Fsp3) is 0.500. The Balaban J connectivity index is 1.78. The molecule has 1 aliphatic rings. The second kappa shape index (κ2) is 8.70. The van der Waals surface area contributed by atoms with E-state index in [4.69, 9.17) is 4.74 Å². The number of carbonyl (C=O) groups excluding carboxylic acids is 1.